The molecule has 2 rings (SSSR count). The fourth-order valence-electron chi connectivity index (χ4n) is 2.25. The molecule has 1 heterocycles. The SMILES string of the molecule is CCN1CCN(C(=O)COc2ccccc2C=O)CC1. The molecule has 1 aromatic carbocycles. The van der Waals surface area contributed by atoms with Crippen LogP contribution >= 0.6 is 0 Å². The van der Waals surface area contributed by atoms with Gasteiger partial charge in [-0.05, 0) is 18.7 Å². The van der Waals surface area contributed by atoms with Gasteiger partial charge in [-0.25, -0.2) is 0 Å². The summed E-state index contributed by atoms with van der Waals surface area (Å²) in [6.07, 6.45) is 0.736. The first kappa shape index (κ1) is 14.5. The zero-order chi connectivity index (χ0) is 14.4. The maximum absolute atomic E-state index is 12.1. The molecule has 0 N–H and O–H groups in total. The van der Waals surface area contributed by atoms with E-state index in [1.165, 1.54) is 0 Å². The van der Waals surface area contributed by atoms with Gasteiger partial charge in [0.2, 0.25) is 0 Å². The van der Waals surface area contributed by atoms with Crippen molar-refractivity contribution in [3.8, 4) is 5.75 Å². The number of amides is 1. The predicted octanol–water partition coefficient (Wildman–Crippen LogP) is 1.04. The Labute approximate surface area is 119 Å². The lowest BCUT2D eigenvalue weighted by Crippen LogP contribution is -2.49. The minimum absolute atomic E-state index is 0.0169. The summed E-state index contributed by atoms with van der Waals surface area (Å²) >= 11 is 0. The lowest BCUT2D eigenvalue weighted by molar-refractivity contribution is -0.135. The molecular weight excluding hydrogens is 256 g/mol. The van der Waals surface area contributed by atoms with Gasteiger partial charge < -0.3 is 14.5 Å². The second-order valence-electron chi connectivity index (χ2n) is 4.76. The first-order valence-electron chi connectivity index (χ1n) is 6.91. The Kier molecular flexibility index (Phi) is 5.12. The molecule has 1 aliphatic rings. The van der Waals surface area contributed by atoms with E-state index < -0.39 is 0 Å². The Bertz CT molecular complexity index is 468. The molecule has 0 aromatic heterocycles. The van der Waals surface area contributed by atoms with Crippen LogP contribution in [0.1, 0.15) is 17.3 Å². The van der Waals surface area contributed by atoms with Gasteiger partial charge >= 0.3 is 0 Å². The van der Waals surface area contributed by atoms with Crippen molar-refractivity contribution in [3.63, 3.8) is 0 Å². The van der Waals surface area contributed by atoms with Crippen molar-refractivity contribution >= 4 is 12.2 Å². The van der Waals surface area contributed by atoms with Gasteiger partial charge in [0, 0.05) is 26.2 Å². The summed E-state index contributed by atoms with van der Waals surface area (Å²) < 4.78 is 5.46. The Hall–Kier alpha value is -1.88. The molecule has 1 aliphatic heterocycles. The molecule has 5 nitrogen and oxygen atoms in total. The number of hydrogen-bond donors (Lipinski definition) is 0. The number of carbonyl (C=O) groups is 2. The van der Waals surface area contributed by atoms with E-state index >= 15 is 0 Å². The highest BCUT2D eigenvalue weighted by Gasteiger charge is 2.20. The van der Waals surface area contributed by atoms with Crippen molar-refractivity contribution in [1.82, 2.24) is 9.80 Å². The van der Waals surface area contributed by atoms with E-state index in [1.807, 2.05) is 4.90 Å². The third-order valence-electron chi connectivity index (χ3n) is 3.57. The average Bonchev–Trinajstić information content (AvgIpc) is 2.53. The van der Waals surface area contributed by atoms with Crippen LogP contribution in [-0.2, 0) is 4.79 Å². The van der Waals surface area contributed by atoms with Crippen LogP contribution in [0.3, 0.4) is 0 Å². The van der Waals surface area contributed by atoms with Gasteiger partial charge in [-0.1, -0.05) is 19.1 Å². The number of hydrogen-bond acceptors (Lipinski definition) is 4. The van der Waals surface area contributed by atoms with Crippen LogP contribution < -0.4 is 4.74 Å². The van der Waals surface area contributed by atoms with E-state index in [4.69, 9.17) is 4.74 Å². The summed E-state index contributed by atoms with van der Waals surface area (Å²) in [6, 6.07) is 6.92. The van der Waals surface area contributed by atoms with E-state index in [1.54, 1.807) is 24.3 Å². The third kappa shape index (κ3) is 3.57. The standard InChI is InChI=1S/C15H20N2O3/c1-2-16-7-9-17(10-8-16)15(19)12-20-14-6-4-3-5-13(14)11-18/h3-6,11H,2,7-10,12H2,1H3. The van der Waals surface area contributed by atoms with E-state index in [2.05, 4.69) is 11.8 Å². The van der Waals surface area contributed by atoms with Gasteiger partial charge in [-0.3, -0.25) is 9.59 Å². The summed E-state index contributed by atoms with van der Waals surface area (Å²) in [6.45, 7) is 6.43. The van der Waals surface area contributed by atoms with E-state index in [-0.39, 0.29) is 12.5 Å². The number of likely N-dealkylation sites (N-methyl/N-ethyl adjacent to an activating group) is 1. The topological polar surface area (TPSA) is 49.9 Å². The zero-order valence-electron chi connectivity index (χ0n) is 11.7. The number of rotatable bonds is 5. The number of ether oxygens (including phenoxy) is 1. The lowest BCUT2D eigenvalue weighted by Gasteiger charge is -2.33. The molecule has 5 heteroatoms. The summed E-state index contributed by atoms with van der Waals surface area (Å²) in [5, 5.41) is 0. The van der Waals surface area contributed by atoms with Crippen LogP contribution in [0.5, 0.6) is 5.75 Å². The van der Waals surface area contributed by atoms with Gasteiger partial charge in [0.1, 0.15) is 5.75 Å². The highest BCUT2D eigenvalue weighted by molar-refractivity contribution is 5.80. The predicted molar refractivity (Wildman–Crippen MR) is 76.0 cm³/mol. The van der Waals surface area contributed by atoms with Gasteiger partial charge in [0.25, 0.3) is 5.91 Å². The average molecular weight is 276 g/mol. The van der Waals surface area contributed by atoms with Gasteiger partial charge in [0.05, 0.1) is 5.56 Å². The molecule has 0 saturated carbocycles. The Morgan fingerprint density at radius 2 is 1.95 bits per heavy atom. The maximum atomic E-state index is 12.1. The second-order valence-corrected chi connectivity index (χ2v) is 4.76. The molecule has 0 unspecified atom stereocenters. The number of benzene rings is 1. The first-order valence-corrected chi connectivity index (χ1v) is 6.91. The first-order chi connectivity index (χ1) is 9.74. The number of nitrogens with zero attached hydrogens (tertiary/aromatic N) is 2. The maximum Gasteiger partial charge on any atom is 0.260 e. The lowest BCUT2D eigenvalue weighted by atomic mass is 10.2. The summed E-state index contributed by atoms with van der Waals surface area (Å²) in [7, 11) is 0. The monoisotopic (exact) mass is 276 g/mol. The molecule has 0 bridgehead atoms. The molecule has 1 aromatic rings. The summed E-state index contributed by atoms with van der Waals surface area (Å²) in [4.78, 5) is 27.0. The molecule has 0 radical (unpaired) electrons. The smallest absolute Gasteiger partial charge is 0.260 e. The van der Waals surface area contributed by atoms with E-state index in [0.717, 1.165) is 39.0 Å². The van der Waals surface area contributed by atoms with Crippen LogP contribution in [-0.4, -0.2) is 61.3 Å². The van der Waals surface area contributed by atoms with Crippen LogP contribution in [0, 0.1) is 0 Å². The molecule has 0 spiro atoms. The quantitative estimate of drug-likeness (QED) is 0.754. The number of aldehydes is 1. The van der Waals surface area contributed by atoms with Crippen molar-refractivity contribution in [2.75, 3.05) is 39.3 Å². The van der Waals surface area contributed by atoms with E-state index in [9.17, 15) is 9.59 Å². The number of piperazine rings is 1. The van der Waals surface area contributed by atoms with Crippen LogP contribution in [0.15, 0.2) is 24.3 Å². The zero-order valence-corrected chi connectivity index (χ0v) is 11.7. The third-order valence-corrected chi connectivity index (χ3v) is 3.57. The second kappa shape index (κ2) is 7.05. The van der Waals surface area contributed by atoms with E-state index in [0.29, 0.717) is 11.3 Å². The molecule has 0 atom stereocenters. The molecule has 1 saturated heterocycles. The van der Waals surface area contributed by atoms with Crippen molar-refractivity contribution in [3.05, 3.63) is 29.8 Å². The Balaban J connectivity index is 1.85. The number of carbonyl (C=O) groups excluding carboxylic acids is 2. The summed E-state index contributed by atoms with van der Waals surface area (Å²) in [5.74, 6) is 0.435. The van der Waals surface area contributed by atoms with Gasteiger partial charge in [0.15, 0.2) is 12.9 Å². The highest BCUT2D eigenvalue weighted by Crippen LogP contribution is 2.15. The van der Waals surface area contributed by atoms with Gasteiger partial charge in [-0.15, -0.1) is 0 Å². The van der Waals surface area contributed by atoms with Crippen molar-refractivity contribution in [1.29, 1.82) is 0 Å². The molecule has 108 valence electrons. The molecule has 20 heavy (non-hydrogen) atoms. The van der Waals surface area contributed by atoms with Gasteiger partial charge in [-0.2, -0.15) is 0 Å². The minimum Gasteiger partial charge on any atom is -0.483 e. The van der Waals surface area contributed by atoms with Crippen molar-refractivity contribution < 1.29 is 14.3 Å². The molecule has 1 fully saturated rings. The van der Waals surface area contributed by atoms with Crippen LogP contribution in [0.25, 0.3) is 0 Å². The van der Waals surface area contributed by atoms with Crippen molar-refractivity contribution in [2.45, 2.75) is 6.92 Å². The fourth-order valence-corrected chi connectivity index (χ4v) is 2.25. The largest absolute Gasteiger partial charge is 0.483 e. The van der Waals surface area contributed by atoms with Crippen molar-refractivity contribution in [2.24, 2.45) is 0 Å². The molecular formula is C15H20N2O3. The van der Waals surface area contributed by atoms with Crippen LogP contribution in [0.4, 0.5) is 0 Å². The summed E-state index contributed by atoms with van der Waals surface area (Å²) in [5.41, 5.74) is 0.469. The minimum atomic E-state index is -0.0264. The highest BCUT2D eigenvalue weighted by atomic mass is 16.5. The molecule has 1 amide bonds. The Morgan fingerprint density at radius 3 is 2.60 bits per heavy atom. The Morgan fingerprint density at radius 1 is 1.25 bits per heavy atom. The normalized spacial score (nSPS) is 15.9. The van der Waals surface area contributed by atoms with Crippen LogP contribution in [0.2, 0.25) is 0 Å². The fraction of sp³-hybridized carbons (Fsp3) is 0.467. The molecule has 0 aliphatic carbocycles. The number of para-hydroxylation sites is 1.